The van der Waals surface area contributed by atoms with Crippen molar-refractivity contribution >= 4 is 10.1 Å². The lowest BCUT2D eigenvalue weighted by molar-refractivity contribution is -0.0521. The van der Waals surface area contributed by atoms with E-state index in [2.05, 4.69) is 4.18 Å². The van der Waals surface area contributed by atoms with E-state index < -0.39 is 15.6 Å². The number of hydrogen-bond donors (Lipinski definition) is 0. The molecular weight excluding hydrogens is 305 g/mol. The van der Waals surface area contributed by atoms with Crippen molar-refractivity contribution in [3.63, 3.8) is 0 Å². The fourth-order valence-electron chi connectivity index (χ4n) is 2.23. The van der Waals surface area contributed by atoms with Gasteiger partial charge >= 0.3 is 15.6 Å². The number of hydrogen-bond acceptors (Lipinski definition) is 3. The van der Waals surface area contributed by atoms with E-state index in [0.29, 0.717) is 0 Å². The molecule has 0 amide bonds. The van der Waals surface area contributed by atoms with Crippen molar-refractivity contribution in [1.82, 2.24) is 0 Å². The summed E-state index contributed by atoms with van der Waals surface area (Å²) in [5.74, 6) is -0.325. The molecule has 3 nitrogen and oxygen atoms in total. The standard InChI is InChI=1S/C14H19F3O3S/c1-10-6-5-9-13(3,4)12(10)8-7-11(2)20-21(18,19)14(15,16)17/h6-8H,5,9H2,1-4H3/b11-7+,12-8-. The molecule has 0 N–H and O–H groups in total. The minimum Gasteiger partial charge on any atom is -0.381 e. The lowest BCUT2D eigenvalue weighted by Crippen LogP contribution is -2.24. The summed E-state index contributed by atoms with van der Waals surface area (Å²) in [7, 11) is -5.60. The van der Waals surface area contributed by atoms with E-state index in [1.54, 1.807) is 6.08 Å². The summed E-state index contributed by atoms with van der Waals surface area (Å²) >= 11 is 0. The Morgan fingerprint density at radius 1 is 1.38 bits per heavy atom. The molecule has 0 bridgehead atoms. The Hall–Kier alpha value is -1.24. The van der Waals surface area contributed by atoms with Crippen molar-refractivity contribution in [3.05, 3.63) is 35.1 Å². The highest BCUT2D eigenvalue weighted by atomic mass is 32.2. The maximum Gasteiger partial charge on any atom is 0.534 e. The van der Waals surface area contributed by atoms with Gasteiger partial charge < -0.3 is 4.18 Å². The van der Waals surface area contributed by atoms with Gasteiger partial charge in [0.05, 0.1) is 0 Å². The van der Waals surface area contributed by atoms with Crippen LogP contribution < -0.4 is 0 Å². The molecule has 120 valence electrons. The monoisotopic (exact) mass is 324 g/mol. The van der Waals surface area contributed by atoms with Gasteiger partial charge in [-0.1, -0.05) is 31.6 Å². The topological polar surface area (TPSA) is 43.4 Å². The molecule has 1 aliphatic rings. The van der Waals surface area contributed by atoms with E-state index in [9.17, 15) is 21.6 Å². The predicted octanol–water partition coefficient (Wildman–Crippen LogP) is 4.45. The van der Waals surface area contributed by atoms with Gasteiger partial charge in [0.1, 0.15) is 5.76 Å². The van der Waals surface area contributed by atoms with Crippen LogP contribution in [0.15, 0.2) is 35.1 Å². The molecule has 0 unspecified atom stereocenters. The molecule has 1 rings (SSSR count). The van der Waals surface area contributed by atoms with E-state index in [0.717, 1.165) is 24.0 Å². The van der Waals surface area contributed by atoms with Gasteiger partial charge in [-0.3, -0.25) is 0 Å². The van der Waals surface area contributed by atoms with E-state index in [1.807, 2.05) is 26.8 Å². The second-order valence-corrected chi connectivity index (χ2v) is 7.19. The van der Waals surface area contributed by atoms with Gasteiger partial charge in [-0.15, -0.1) is 0 Å². The van der Waals surface area contributed by atoms with E-state index >= 15 is 0 Å². The zero-order chi connectivity index (χ0) is 16.5. The lowest BCUT2D eigenvalue weighted by Gasteiger charge is -2.32. The molecule has 0 heterocycles. The van der Waals surface area contributed by atoms with Crippen molar-refractivity contribution in [2.75, 3.05) is 0 Å². The minimum absolute atomic E-state index is 0.113. The predicted molar refractivity (Wildman–Crippen MR) is 74.7 cm³/mol. The van der Waals surface area contributed by atoms with Crippen LogP contribution in [0.2, 0.25) is 0 Å². The molecule has 0 atom stereocenters. The maximum absolute atomic E-state index is 12.2. The first-order valence-electron chi connectivity index (χ1n) is 6.44. The quantitative estimate of drug-likeness (QED) is 0.438. The normalized spacial score (nSPS) is 22.1. The molecule has 0 spiro atoms. The molecule has 0 aliphatic heterocycles. The summed E-state index contributed by atoms with van der Waals surface area (Å²) in [5.41, 5.74) is -3.54. The Morgan fingerprint density at radius 3 is 2.43 bits per heavy atom. The summed E-state index contributed by atoms with van der Waals surface area (Å²) in [5, 5.41) is 0. The molecule has 21 heavy (non-hydrogen) atoms. The number of halogens is 3. The summed E-state index contributed by atoms with van der Waals surface area (Å²) < 4.78 is 62.4. The lowest BCUT2D eigenvalue weighted by atomic mass is 9.73. The zero-order valence-electron chi connectivity index (χ0n) is 12.4. The minimum atomic E-state index is -5.60. The van der Waals surface area contributed by atoms with Crippen LogP contribution in [-0.2, 0) is 14.3 Å². The van der Waals surface area contributed by atoms with E-state index in [4.69, 9.17) is 0 Å². The highest BCUT2D eigenvalue weighted by Crippen LogP contribution is 2.40. The maximum atomic E-state index is 12.2. The highest BCUT2D eigenvalue weighted by Gasteiger charge is 2.48. The van der Waals surface area contributed by atoms with Crippen molar-refractivity contribution in [3.8, 4) is 0 Å². The first kappa shape index (κ1) is 17.8. The Morgan fingerprint density at radius 2 is 1.95 bits per heavy atom. The van der Waals surface area contributed by atoms with Crippen LogP contribution in [0.3, 0.4) is 0 Å². The van der Waals surface area contributed by atoms with E-state index in [1.165, 1.54) is 13.0 Å². The van der Waals surface area contributed by atoms with Crippen molar-refractivity contribution in [2.45, 2.75) is 46.0 Å². The van der Waals surface area contributed by atoms with Gasteiger partial charge in [0.25, 0.3) is 0 Å². The van der Waals surface area contributed by atoms with Crippen LogP contribution in [0.5, 0.6) is 0 Å². The fourth-order valence-corrected chi connectivity index (χ4v) is 2.73. The van der Waals surface area contributed by atoms with Crippen LogP contribution in [-0.4, -0.2) is 13.9 Å². The Balaban J connectivity index is 3.01. The molecule has 0 radical (unpaired) electrons. The van der Waals surface area contributed by atoms with Crippen LogP contribution in [0.25, 0.3) is 0 Å². The SMILES string of the molecule is CC1=CCCC(C)(C)/C1=C\C=C(/C)OS(=O)(=O)C(F)(F)F. The smallest absolute Gasteiger partial charge is 0.381 e. The number of rotatable bonds is 3. The summed E-state index contributed by atoms with van der Waals surface area (Å²) in [4.78, 5) is 0. The van der Waals surface area contributed by atoms with Gasteiger partial charge in [-0.25, -0.2) is 0 Å². The van der Waals surface area contributed by atoms with E-state index in [-0.39, 0.29) is 11.2 Å². The van der Waals surface area contributed by atoms with Crippen molar-refractivity contribution in [2.24, 2.45) is 5.41 Å². The summed E-state index contributed by atoms with van der Waals surface area (Å²) in [6.07, 6.45) is 6.78. The average Bonchev–Trinajstić information content (AvgIpc) is 2.24. The van der Waals surface area contributed by atoms with Gasteiger partial charge in [0.15, 0.2) is 0 Å². The summed E-state index contributed by atoms with van der Waals surface area (Å²) in [6.45, 7) is 7.16. The average molecular weight is 324 g/mol. The molecule has 1 aliphatic carbocycles. The van der Waals surface area contributed by atoms with Crippen LogP contribution >= 0.6 is 0 Å². The second-order valence-electron chi connectivity index (χ2n) is 5.65. The van der Waals surface area contributed by atoms with Gasteiger partial charge in [0, 0.05) is 0 Å². The fraction of sp³-hybridized carbons (Fsp3) is 0.571. The van der Waals surface area contributed by atoms with Crippen molar-refractivity contribution < 1.29 is 25.8 Å². The third-order valence-corrected chi connectivity index (χ3v) is 4.43. The molecular formula is C14H19F3O3S. The molecule has 0 aromatic heterocycles. The van der Waals surface area contributed by atoms with Crippen LogP contribution in [0.1, 0.15) is 40.5 Å². The van der Waals surface area contributed by atoms with Crippen LogP contribution in [0, 0.1) is 5.41 Å². The number of alkyl halides is 3. The Labute approximate surface area is 123 Å². The van der Waals surface area contributed by atoms with Gasteiger partial charge in [-0.2, -0.15) is 21.6 Å². The molecule has 0 aromatic rings. The summed E-state index contributed by atoms with van der Waals surface area (Å²) in [6, 6.07) is 0. The molecule has 0 saturated heterocycles. The largest absolute Gasteiger partial charge is 0.534 e. The van der Waals surface area contributed by atoms with Crippen molar-refractivity contribution in [1.29, 1.82) is 0 Å². The molecule has 0 saturated carbocycles. The van der Waals surface area contributed by atoms with Crippen LogP contribution in [0.4, 0.5) is 13.2 Å². The molecule has 0 fully saturated rings. The Bertz CT molecular complexity index is 593. The molecule has 7 heteroatoms. The zero-order valence-corrected chi connectivity index (χ0v) is 13.2. The first-order valence-corrected chi connectivity index (χ1v) is 7.84. The van der Waals surface area contributed by atoms with Gasteiger partial charge in [-0.05, 0) is 43.8 Å². The molecule has 0 aromatic carbocycles. The Kier molecular flexibility index (Phi) is 4.98. The second kappa shape index (κ2) is 5.87. The van der Waals surface area contributed by atoms with Gasteiger partial charge in [0.2, 0.25) is 0 Å². The highest BCUT2D eigenvalue weighted by molar-refractivity contribution is 7.87. The third-order valence-electron chi connectivity index (χ3n) is 3.38. The first-order chi connectivity index (χ1) is 9.37. The number of allylic oxidation sites excluding steroid dienone is 6. The third kappa shape index (κ3) is 4.36.